The summed E-state index contributed by atoms with van der Waals surface area (Å²) in [6, 6.07) is 13.6. The van der Waals surface area contributed by atoms with Crippen LogP contribution in [0.15, 0.2) is 57.6 Å². The Morgan fingerprint density at radius 3 is 2.71 bits per heavy atom. The summed E-state index contributed by atoms with van der Waals surface area (Å²) in [5, 5.41) is 2.01. The normalized spacial score (nSPS) is 11.2. The maximum absolute atomic E-state index is 12.9. The van der Waals surface area contributed by atoms with Crippen molar-refractivity contribution in [2.24, 2.45) is 0 Å². The number of ether oxygens (including phenoxy) is 1. The molecule has 2 heterocycles. The van der Waals surface area contributed by atoms with Crippen LogP contribution in [0.4, 0.5) is 0 Å². The van der Waals surface area contributed by atoms with Gasteiger partial charge in [0.2, 0.25) is 5.91 Å². The van der Waals surface area contributed by atoms with E-state index in [0.29, 0.717) is 6.54 Å². The standard InChI is InChI=1S/C23H23NO4/c1-4-20-19(18-7-5-6-8-21(18)28-20)13-24(2)23(25)11-15-14-27-22-12-16(26-3)9-10-17(15)22/h5-10,12,14H,4,11,13H2,1-3H3. The van der Waals surface area contributed by atoms with Crippen LogP contribution in [0.1, 0.15) is 23.8 Å². The van der Waals surface area contributed by atoms with E-state index in [4.69, 9.17) is 13.6 Å². The van der Waals surface area contributed by atoms with Gasteiger partial charge in [0.15, 0.2) is 0 Å². The number of methoxy groups -OCH3 is 1. The second-order valence-corrected chi connectivity index (χ2v) is 6.90. The van der Waals surface area contributed by atoms with Crippen LogP contribution >= 0.6 is 0 Å². The molecule has 144 valence electrons. The van der Waals surface area contributed by atoms with Crippen LogP contribution in [0, 0.1) is 0 Å². The molecule has 0 aliphatic rings. The van der Waals surface area contributed by atoms with Gasteiger partial charge in [0.25, 0.3) is 0 Å². The predicted octanol–water partition coefficient (Wildman–Crippen LogP) is 4.95. The molecule has 0 radical (unpaired) electrons. The minimum atomic E-state index is 0.0332. The molecule has 0 aliphatic carbocycles. The van der Waals surface area contributed by atoms with E-state index < -0.39 is 0 Å². The number of furan rings is 2. The third-order valence-electron chi connectivity index (χ3n) is 5.13. The van der Waals surface area contributed by atoms with E-state index in [9.17, 15) is 4.79 Å². The Kier molecular flexibility index (Phi) is 4.82. The van der Waals surface area contributed by atoms with Crippen molar-refractivity contribution in [3.05, 3.63) is 65.6 Å². The fraction of sp³-hybridized carbons (Fsp3) is 0.261. The van der Waals surface area contributed by atoms with Crippen molar-refractivity contribution in [3.63, 3.8) is 0 Å². The monoisotopic (exact) mass is 377 g/mol. The Labute approximate surface area is 163 Å². The molecule has 0 N–H and O–H groups in total. The van der Waals surface area contributed by atoms with Gasteiger partial charge in [-0.1, -0.05) is 25.1 Å². The Bertz CT molecular complexity index is 1140. The van der Waals surface area contributed by atoms with E-state index in [0.717, 1.165) is 51.0 Å². The Hall–Kier alpha value is -3.21. The Morgan fingerprint density at radius 1 is 1.11 bits per heavy atom. The van der Waals surface area contributed by atoms with Crippen LogP contribution < -0.4 is 4.74 Å². The zero-order valence-electron chi connectivity index (χ0n) is 16.3. The number of aryl methyl sites for hydroxylation is 1. The highest BCUT2D eigenvalue weighted by atomic mass is 16.5. The number of benzene rings is 2. The number of carbonyl (C=O) groups is 1. The number of rotatable bonds is 6. The molecule has 0 saturated heterocycles. The summed E-state index contributed by atoms with van der Waals surface area (Å²) in [6.07, 6.45) is 2.73. The molecule has 4 aromatic rings. The summed E-state index contributed by atoms with van der Waals surface area (Å²) in [6.45, 7) is 2.58. The van der Waals surface area contributed by atoms with Crippen molar-refractivity contribution >= 4 is 27.8 Å². The molecule has 4 rings (SSSR count). The van der Waals surface area contributed by atoms with Gasteiger partial charge in [-0.05, 0) is 18.2 Å². The molecule has 0 aliphatic heterocycles. The van der Waals surface area contributed by atoms with Crippen molar-refractivity contribution in [1.29, 1.82) is 0 Å². The molecule has 0 bridgehead atoms. The third-order valence-corrected chi connectivity index (χ3v) is 5.13. The zero-order valence-corrected chi connectivity index (χ0v) is 16.3. The molecule has 0 spiro atoms. The summed E-state index contributed by atoms with van der Waals surface area (Å²) in [7, 11) is 3.45. The smallest absolute Gasteiger partial charge is 0.227 e. The number of likely N-dealkylation sites (N-methyl/N-ethyl adjacent to an activating group) is 1. The largest absolute Gasteiger partial charge is 0.497 e. The van der Waals surface area contributed by atoms with Crippen molar-refractivity contribution in [3.8, 4) is 5.75 Å². The number of amides is 1. The van der Waals surface area contributed by atoms with Crippen molar-refractivity contribution in [2.45, 2.75) is 26.3 Å². The number of para-hydroxylation sites is 1. The average Bonchev–Trinajstić information content (AvgIpc) is 3.28. The van der Waals surface area contributed by atoms with Crippen LogP contribution in [0.3, 0.4) is 0 Å². The maximum atomic E-state index is 12.9. The molecule has 0 unspecified atom stereocenters. The highest BCUT2D eigenvalue weighted by molar-refractivity contribution is 5.89. The molecule has 0 fully saturated rings. The summed E-state index contributed by atoms with van der Waals surface area (Å²) < 4.78 is 16.8. The fourth-order valence-corrected chi connectivity index (χ4v) is 3.56. The van der Waals surface area contributed by atoms with E-state index >= 15 is 0 Å². The van der Waals surface area contributed by atoms with E-state index in [-0.39, 0.29) is 12.3 Å². The van der Waals surface area contributed by atoms with Gasteiger partial charge in [-0.2, -0.15) is 0 Å². The predicted molar refractivity (Wildman–Crippen MR) is 109 cm³/mol. The molecule has 5 heteroatoms. The molecule has 2 aromatic carbocycles. The minimum Gasteiger partial charge on any atom is -0.497 e. The van der Waals surface area contributed by atoms with E-state index in [1.54, 1.807) is 18.3 Å². The van der Waals surface area contributed by atoms with Gasteiger partial charge in [-0.15, -0.1) is 0 Å². The average molecular weight is 377 g/mol. The quantitative estimate of drug-likeness (QED) is 0.477. The van der Waals surface area contributed by atoms with Gasteiger partial charge < -0.3 is 18.5 Å². The number of fused-ring (bicyclic) bond motifs is 2. The maximum Gasteiger partial charge on any atom is 0.227 e. The molecule has 1 amide bonds. The van der Waals surface area contributed by atoms with Crippen LogP contribution in [0.5, 0.6) is 5.75 Å². The Balaban J connectivity index is 1.55. The lowest BCUT2D eigenvalue weighted by molar-refractivity contribution is -0.129. The minimum absolute atomic E-state index is 0.0332. The molecule has 28 heavy (non-hydrogen) atoms. The first kappa shape index (κ1) is 18.2. The topological polar surface area (TPSA) is 55.8 Å². The summed E-state index contributed by atoms with van der Waals surface area (Å²) >= 11 is 0. The molecule has 0 atom stereocenters. The lowest BCUT2D eigenvalue weighted by atomic mass is 10.1. The first-order valence-corrected chi connectivity index (χ1v) is 9.38. The molecule has 2 aromatic heterocycles. The number of nitrogens with zero attached hydrogens (tertiary/aromatic N) is 1. The summed E-state index contributed by atoms with van der Waals surface area (Å²) in [5.41, 5.74) is 3.54. The van der Waals surface area contributed by atoms with E-state index in [2.05, 4.69) is 6.92 Å². The van der Waals surface area contributed by atoms with Gasteiger partial charge in [0, 0.05) is 48.0 Å². The number of hydrogen-bond acceptors (Lipinski definition) is 4. The third kappa shape index (κ3) is 3.24. The second kappa shape index (κ2) is 7.43. The van der Waals surface area contributed by atoms with Crippen molar-refractivity contribution < 1.29 is 18.4 Å². The van der Waals surface area contributed by atoms with E-state index in [1.165, 1.54) is 0 Å². The molecule has 5 nitrogen and oxygen atoms in total. The highest BCUT2D eigenvalue weighted by Crippen LogP contribution is 2.29. The Morgan fingerprint density at radius 2 is 1.93 bits per heavy atom. The first-order chi connectivity index (χ1) is 13.6. The number of hydrogen-bond donors (Lipinski definition) is 0. The molecular weight excluding hydrogens is 354 g/mol. The highest BCUT2D eigenvalue weighted by Gasteiger charge is 2.19. The van der Waals surface area contributed by atoms with Gasteiger partial charge in [0.1, 0.15) is 22.7 Å². The second-order valence-electron chi connectivity index (χ2n) is 6.90. The van der Waals surface area contributed by atoms with Crippen molar-refractivity contribution in [1.82, 2.24) is 4.90 Å². The fourth-order valence-electron chi connectivity index (χ4n) is 3.56. The molecular formula is C23H23NO4. The SMILES string of the molecule is CCc1oc2ccccc2c1CN(C)C(=O)Cc1coc2cc(OC)ccc12. The summed E-state index contributed by atoms with van der Waals surface area (Å²) in [5.74, 6) is 1.70. The summed E-state index contributed by atoms with van der Waals surface area (Å²) in [4.78, 5) is 14.6. The van der Waals surface area contributed by atoms with E-state index in [1.807, 2.05) is 49.5 Å². The lowest BCUT2D eigenvalue weighted by Gasteiger charge is -2.17. The van der Waals surface area contributed by atoms with Crippen LogP contribution in [-0.2, 0) is 24.2 Å². The van der Waals surface area contributed by atoms with Gasteiger partial charge in [-0.3, -0.25) is 4.79 Å². The van der Waals surface area contributed by atoms with Gasteiger partial charge in [-0.25, -0.2) is 0 Å². The zero-order chi connectivity index (χ0) is 19.7. The first-order valence-electron chi connectivity index (χ1n) is 9.38. The van der Waals surface area contributed by atoms with Crippen LogP contribution in [0.25, 0.3) is 21.9 Å². The van der Waals surface area contributed by atoms with Crippen LogP contribution in [0.2, 0.25) is 0 Å². The van der Waals surface area contributed by atoms with Crippen LogP contribution in [-0.4, -0.2) is 25.0 Å². The van der Waals surface area contributed by atoms with Gasteiger partial charge in [0.05, 0.1) is 19.8 Å². The van der Waals surface area contributed by atoms with Crippen molar-refractivity contribution in [2.75, 3.05) is 14.2 Å². The number of carbonyl (C=O) groups excluding carboxylic acids is 1. The lowest BCUT2D eigenvalue weighted by Crippen LogP contribution is -2.27. The molecule has 0 saturated carbocycles. The van der Waals surface area contributed by atoms with Gasteiger partial charge >= 0.3 is 0 Å².